The fourth-order valence-corrected chi connectivity index (χ4v) is 3.42. The Kier molecular flexibility index (Phi) is 4.75. The monoisotopic (exact) mass is 460 g/mol. The predicted molar refractivity (Wildman–Crippen MR) is 108 cm³/mol. The number of aromatic nitrogens is 1. The lowest BCUT2D eigenvalue weighted by Gasteiger charge is -2.00. The summed E-state index contributed by atoms with van der Waals surface area (Å²) in [5.41, 5.74) is 3.48. The van der Waals surface area contributed by atoms with Crippen LogP contribution in [0.4, 0.5) is 11.0 Å². The van der Waals surface area contributed by atoms with Crippen molar-refractivity contribution in [1.29, 1.82) is 0 Å². The molecule has 0 fully saturated rings. The van der Waals surface area contributed by atoms with Crippen LogP contribution in [0, 0.1) is 10.1 Å². The van der Waals surface area contributed by atoms with Crippen molar-refractivity contribution in [3.63, 3.8) is 0 Å². The van der Waals surface area contributed by atoms with Crippen molar-refractivity contribution in [3.05, 3.63) is 72.5 Å². The summed E-state index contributed by atoms with van der Waals surface area (Å²) in [6.45, 7) is 0. The molecule has 0 unspecified atom stereocenters. The molecule has 0 aliphatic heterocycles. The predicted octanol–water partition coefficient (Wildman–Crippen LogP) is 4.63. The molecule has 4 aromatic rings. The lowest BCUT2D eigenvalue weighted by molar-refractivity contribution is -0.402. The third-order valence-corrected chi connectivity index (χ3v) is 4.86. The van der Waals surface area contributed by atoms with Crippen LogP contribution in [0.15, 0.2) is 65.0 Å². The fourth-order valence-electron chi connectivity index (χ4n) is 2.38. The fraction of sp³-hybridized carbons (Fsp3) is 0. The average molecular weight is 461 g/mol. The number of nitro groups is 1. The zero-order valence-electron chi connectivity index (χ0n) is 13.8. The topological polar surface area (TPSA) is 124 Å². The molecule has 0 amide bonds. The van der Waals surface area contributed by atoms with Gasteiger partial charge in [0.15, 0.2) is 5.76 Å². The van der Waals surface area contributed by atoms with E-state index in [-0.39, 0.29) is 11.6 Å². The van der Waals surface area contributed by atoms with Crippen LogP contribution in [-0.2, 0) is 0 Å². The molecular weight excluding hydrogens is 452 g/mol. The molecule has 0 bridgehead atoms. The number of nitrogens with zero attached hydrogens (tertiary/aromatic N) is 3. The molecule has 0 saturated carbocycles. The maximum Gasteiger partial charge on any atom is 0.433 e. The normalized spacial score (nSPS) is 11.3. The van der Waals surface area contributed by atoms with E-state index in [9.17, 15) is 14.9 Å². The summed E-state index contributed by atoms with van der Waals surface area (Å²) in [7, 11) is 0. The van der Waals surface area contributed by atoms with Gasteiger partial charge in [0.25, 0.3) is 0 Å². The highest BCUT2D eigenvalue weighted by molar-refractivity contribution is 9.10. The lowest BCUT2D eigenvalue weighted by Crippen LogP contribution is -2.03. The van der Waals surface area contributed by atoms with E-state index in [0.717, 1.165) is 9.86 Å². The summed E-state index contributed by atoms with van der Waals surface area (Å²) < 4.78 is 11.2. The van der Waals surface area contributed by atoms with Crippen molar-refractivity contribution in [1.82, 2.24) is 4.98 Å². The highest BCUT2D eigenvalue weighted by atomic mass is 79.9. The van der Waals surface area contributed by atoms with E-state index in [2.05, 4.69) is 31.4 Å². The Balaban J connectivity index is 1.55. The second kappa shape index (κ2) is 7.37. The van der Waals surface area contributed by atoms with Crippen molar-refractivity contribution >= 4 is 55.5 Å². The number of hydrogen-bond donors (Lipinski definition) is 1. The number of benzene rings is 1. The summed E-state index contributed by atoms with van der Waals surface area (Å²) in [6, 6.07) is 9.74. The lowest BCUT2D eigenvalue weighted by atomic mass is 10.1. The van der Waals surface area contributed by atoms with Crippen molar-refractivity contribution in [2.24, 2.45) is 5.10 Å². The second-order valence-electron chi connectivity index (χ2n) is 5.47. The van der Waals surface area contributed by atoms with Gasteiger partial charge in [-0.05, 0) is 30.3 Å². The largest absolute Gasteiger partial charge is 0.433 e. The first-order valence-corrected chi connectivity index (χ1v) is 9.39. The van der Waals surface area contributed by atoms with Crippen LogP contribution in [0.2, 0.25) is 0 Å². The molecule has 0 aliphatic carbocycles. The van der Waals surface area contributed by atoms with E-state index in [1.807, 2.05) is 6.07 Å². The third kappa shape index (κ3) is 3.70. The van der Waals surface area contributed by atoms with E-state index >= 15 is 0 Å². The van der Waals surface area contributed by atoms with Crippen molar-refractivity contribution in [2.45, 2.75) is 0 Å². The number of furan rings is 1. The van der Waals surface area contributed by atoms with Gasteiger partial charge in [0, 0.05) is 15.2 Å². The minimum Gasteiger partial charge on any atom is -0.422 e. The Labute approximate surface area is 168 Å². The number of thiazole rings is 1. The average Bonchev–Trinajstić information content (AvgIpc) is 3.31. The molecule has 1 aromatic carbocycles. The summed E-state index contributed by atoms with van der Waals surface area (Å²) in [5.74, 6) is -0.149. The van der Waals surface area contributed by atoms with Gasteiger partial charge in [0.1, 0.15) is 10.5 Å². The highest BCUT2D eigenvalue weighted by Crippen LogP contribution is 2.26. The minimum absolute atomic E-state index is 0.219. The maximum atomic E-state index is 12.3. The first kappa shape index (κ1) is 18.1. The molecule has 0 radical (unpaired) electrons. The maximum absolute atomic E-state index is 12.3. The van der Waals surface area contributed by atoms with Gasteiger partial charge in [-0.2, -0.15) is 5.10 Å². The number of anilines is 1. The Bertz CT molecular complexity index is 1280. The first-order chi connectivity index (χ1) is 13.5. The molecule has 0 aliphatic rings. The van der Waals surface area contributed by atoms with Gasteiger partial charge in [-0.25, -0.2) is 9.78 Å². The van der Waals surface area contributed by atoms with E-state index in [4.69, 9.17) is 8.83 Å². The minimum atomic E-state index is -0.633. The van der Waals surface area contributed by atoms with Crippen LogP contribution >= 0.6 is 27.3 Å². The molecule has 1 N–H and O–H groups in total. The van der Waals surface area contributed by atoms with E-state index in [1.54, 1.807) is 23.6 Å². The third-order valence-electron chi connectivity index (χ3n) is 3.62. The molecule has 0 spiro atoms. The van der Waals surface area contributed by atoms with Crippen molar-refractivity contribution < 1.29 is 13.8 Å². The van der Waals surface area contributed by atoms with Gasteiger partial charge in [-0.15, -0.1) is 11.3 Å². The molecule has 9 nitrogen and oxygen atoms in total. The Hall–Kier alpha value is -3.31. The van der Waals surface area contributed by atoms with Crippen molar-refractivity contribution in [2.75, 3.05) is 5.43 Å². The molecule has 28 heavy (non-hydrogen) atoms. The van der Waals surface area contributed by atoms with E-state index in [0.29, 0.717) is 22.0 Å². The molecule has 3 aromatic heterocycles. The molecule has 0 atom stereocenters. The molecule has 0 saturated heterocycles. The van der Waals surface area contributed by atoms with Gasteiger partial charge in [0.2, 0.25) is 5.13 Å². The Morgan fingerprint density at radius 2 is 2.11 bits per heavy atom. The Morgan fingerprint density at radius 1 is 1.25 bits per heavy atom. The zero-order valence-corrected chi connectivity index (χ0v) is 16.2. The molecular formula is C17H9BrN4O5S. The van der Waals surface area contributed by atoms with Crippen LogP contribution in [-0.4, -0.2) is 16.1 Å². The van der Waals surface area contributed by atoms with Gasteiger partial charge in [-0.3, -0.25) is 15.5 Å². The van der Waals surface area contributed by atoms with Crippen LogP contribution in [0.25, 0.3) is 22.2 Å². The summed E-state index contributed by atoms with van der Waals surface area (Å²) >= 11 is 4.63. The Morgan fingerprint density at radius 3 is 2.89 bits per heavy atom. The van der Waals surface area contributed by atoms with Crippen LogP contribution in [0.3, 0.4) is 0 Å². The van der Waals surface area contributed by atoms with Gasteiger partial charge >= 0.3 is 11.5 Å². The van der Waals surface area contributed by atoms with Gasteiger partial charge in [-0.1, -0.05) is 15.9 Å². The quantitative estimate of drug-likeness (QED) is 0.199. The highest BCUT2D eigenvalue weighted by Gasteiger charge is 2.12. The molecule has 140 valence electrons. The molecule has 3 heterocycles. The molecule has 4 rings (SSSR count). The van der Waals surface area contributed by atoms with E-state index in [1.165, 1.54) is 29.7 Å². The number of hydrazone groups is 1. The van der Waals surface area contributed by atoms with Crippen LogP contribution in [0.5, 0.6) is 0 Å². The van der Waals surface area contributed by atoms with Crippen LogP contribution in [0.1, 0.15) is 5.76 Å². The number of nitrogens with one attached hydrogen (secondary N) is 1. The van der Waals surface area contributed by atoms with Crippen LogP contribution < -0.4 is 11.1 Å². The molecule has 11 heteroatoms. The SMILES string of the molecule is O=c1oc2ccc(Br)cc2cc1-c1csc(N/N=C/c2ccc([N+](=O)[O-])o2)n1. The standard InChI is InChI=1S/C17H9BrN4O5S/c18-10-1-3-14-9(5-10)6-12(16(23)27-14)13-8-28-17(20-13)21-19-7-11-2-4-15(26-11)22(24)25/h1-8H,(H,20,21)/b19-7+. The number of fused-ring (bicyclic) bond motifs is 1. The summed E-state index contributed by atoms with van der Waals surface area (Å²) in [4.78, 5) is 26.5. The number of halogens is 1. The second-order valence-corrected chi connectivity index (χ2v) is 7.24. The number of hydrogen-bond acceptors (Lipinski definition) is 9. The van der Waals surface area contributed by atoms with E-state index < -0.39 is 10.5 Å². The van der Waals surface area contributed by atoms with Gasteiger partial charge in [0.05, 0.1) is 23.5 Å². The zero-order chi connectivity index (χ0) is 19.7. The van der Waals surface area contributed by atoms with Crippen molar-refractivity contribution in [3.8, 4) is 11.3 Å². The summed E-state index contributed by atoms with van der Waals surface area (Å²) in [6.07, 6.45) is 1.29. The smallest absolute Gasteiger partial charge is 0.422 e. The van der Waals surface area contributed by atoms with Gasteiger partial charge < -0.3 is 8.83 Å². The summed E-state index contributed by atoms with van der Waals surface area (Å²) in [5, 5.41) is 17.4. The first-order valence-electron chi connectivity index (χ1n) is 7.72. The number of rotatable bonds is 5.